The molecule has 13 heteroatoms. The Morgan fingerprint density at radius 2 is 1.51 bits per heavy atom. The lowest BCUT2D eigenvalue weighted by Gasteiger charge is -2.40. The van der Waals surface area contributed by atoms with Crippen molar-refractivity contribution in [3.8, 4) is 0 Å². The molecule has 5 N–H and O–H groups in total. The van der Waals surface area contributed by atoms with Crippen molar-refractivity contribution in [3.05, 3.63) is 25.3 Å². The first-order chi connectivity index (χ1) is 17.7. The lowest BCUT2D eigenvalue weighted by molar-refractivity contribution is -0.167. The van der Waals surface area contributed by atoms with Gasteiger partial charge in [-0.05, 0) is 11.8 Å². The van der Waals surface area contributed by atoms with E-state index in [2.05, 4.69) is 47.6 Å². The fraction of sp³-hybridized carbons (Fsp3) is 0.708. The molecule has 0 saturated carbocycles. The molecule has 4 aliphatic heterocycles. The van der Waals surface area contributed by atoms with Crippen LogP contribution in [0.5, 0.6) is 0 Å². The van der Waals surface area contributed by atoms with E-state index in [1.54, 1.807) is 23.9 Å². The molecule has 0 aromatic rings. The van der Waals surface area contributed by atoms with Crippen LogP contribution in [0.1, 0.15) is 20.8 Å². The van der Waals surface area contributed by atoms with Gasteiger partial charge in [0.25, 0.3) is 0 Å². The second kappa shape index (κ2) is 14.0. The van der Waals surface area contributed by atoms with Gasteiger partial charge in [0.2, 0.25) is 0 Å². The quantitative estimate of drug-likeness (QED) is 0.219. The average Bonchev–Trinajstić information content (AvgIpc) is 3.49. The number of carbonyl (C=O) groups excluding carboxylic acids is 1. The Labute approximate surface area is 226 Å². The molecule has 0 amide bonds. The van der Waals surface area contributed by atoms with E-state index >= 15 is 0 Å². The number of aliphatic hydroxyl groups excluding tert-OH is 3. The number of amidine groups is 2. The lowest BCUT2D eigenvalue weighted by Crippen LogP contribution is -2.59. The van der Waals surface area contributed by atoms with Crippen LogP contribution in [0, 0.1) is 11.8 Å². The van der Waals surface area contributed by atoms with Gasteiger partial charge in [0.1, 0.15) is 35.8 Å². The molecule has 4 saturated heterocycles. The minimum Gasteiger partial charge on any atom is -0.463 e. The summed E-state index contributed by atoms with van der Waals surface area (Å²) in [4.78, 5) is 19.5. The van der Waals surface area contributed by atoms with Gasteiger partial charge in [-0.1, -0.05) is 49.5 Å². The van der Waals surface area contributed by atoms with Crippen LogP contribution in [0.4, 0.5) is 0 Å². The highest BCUT2D eigenvalue weighted by atomic mass is 32.2. The van der Waals surface area contributed by atoms with E-state index in [4.69, 9.17) is 19.3 Å². The minimum atomic E-state index is -1.09. The minimum absolute atomic E-state index is 0.0327. The first kappa shape index (κ1) is 29.9. The zero-order valence-electron chi connectivity index (χ0n) is 21.4. The van der Waals surface area contributed by atoms with Gasteiger partial charge in [-0.2, -0.15) is 0 Å². The van der Waals surface area contributed by atoms with E-state index in [0.29, 0.717) is 36.7 Å². The Morgan fingerprint density at radius 1 is 0.973 bits per heavy atom. The zero-order chi connectivity index (χ0) is 27.1. The summed E-state index contributed by atoms with van der Waals surface area (Å²) in [6, 6.07) is -0.145. The standard InChI is InChI=1S/C14H22N2O3S.C10H16N2O4S/c1-5-6-15-14-16-12-9(3)8(2)11(7-18-10(4)17)19-13(12)20-14;1-2-3-11-10-12-6-8(15)7(14)5(4-13)16-9(6)17-10/h5,8-9,11-13H,1,6-7H2,2-4H3,(H,15,16);2,5-9,13-15H,1,3-4H2,(H,11,12)/t8-,9-,11+,12?,13?;5-,6?,7-,8-,9?/m01/s1. The van der Waals surface area contributed by atoms with Crippen molar-refractivity contribution >= 4 is 39.8 Å². The largest absolute Gasteiger partial charge is 0.463 e. The number of hydrogen-bond acceptors (Lipinski definition) is 11. The van der Waals surface area contributed by atoms with Gasteiger partial charge in [0, 0.05) is 6.92 Å². The van der Waals surface area contributed by atoms with Crippen LogP contribution in [0.2, 0.25) is 0 Å². The summed E-state index contributed by atoms with van der Waals surface area (Å²) in [6.07, 6.45) is 0.568. The van der Waals surface area contributed by atoms with Gasteiger partial charge >= 0.3 is 5.97 Å². The number of nitrogens with zero attached hydrogens (tertiary/aromatic N) is 2. The Morgan fingerprint density at radius 3 is 2.05 bits per heavy atom. The molecule has 4 rings (SSSR count). The SMILES string of the molecule is C=CCN=C1NC2C(O[C@H](CO)[C@@H](O)[C@@H]2O)S1.C=CCN=C1NC2C(O[C@H](COC(C)=O)[C@@H](C)[C@@H]2C)S1. The maximum Gasteiger partial charge on any atom is 0.302 e. The van der Waals surface area contributed by atoms with E-state index in [1.807, 2.05) is 0 Å². The van der Waals surface area contributed by atoms with E-state index in [-0.39, 0.29) is 35.6 Å². The number of ether oxygens (including phenoxy) is 3. The van der Waals surface area contributed by atoms with Crippen molar-refractivity contribution in [1.82, 2.24) is 10.6 Å². The molecule has 11 nitrogen and oxygen atoms in total. The molecule has 4 heterocycles. The summed E-state index contributed by atoms with van der Waals surface area (Å²) in [5.74, 6) is 0.488. The molecule has 0 aromatic carbocycles. The highest BCUT2D eigenvalue weighted by Crippen LogP contribution is 2.39. The molecule has 0 spiro atoms. The zero-order valence-corrected chi connectivity index (χ0v) is 23.0. The first-order valence-corrected chi connectivity index (χ1v) is 14.0. The Hall–Kier alpha value is -1.61. The number of aliphatic imine (C=N–C) groups is 2. The number of thioether (sulfide) groups is 2. The number of rotatable bonds is 7. The van der Waals surface area contributed by atoms with Crippen LogP contribution < -0.4 is 10.6 Å². The molecule has 4 aliphatic rings. The third-order valence-corrected chi connectivity index (χ3v) is 8.89. The maximum absolute atomic E-state index is 10.9. The van der Waals surface area contributed by atoms with Crippen molar-refractivity contribution < 1.29 is 34.3 Å². The molecule has 0 aromatic heterocycles. The Kier molecular flexibility index (Phi) is 11.3. The van der Waals surface area contributed by atoms with Crippen LogP contribution in [-0.2, 0) is 19.0 Å². The lowest BCUT2D eigenvalue weighted by atomic mass is 9.83. The normalized spacial score (nSPS) is 40.5. The van der Waals surface area contributed by atoms with Crippen LogP contribution >= 0.6 is 23.5 Å². The number of carbonyl (C=O) groups is 1. The smallest absolute Gasteiger partial charge is 0.302 e. The average molecular weight is 559 g/mol. The van der Waals surface area contributed by atoms with Gasteiger partial charge in [-0.25, -0.2) is 0 Å². The molecule has 0 bridgehead atoms. The fourth-order valence-electron chi connectivity index (χ4n) is 4.36. The van der Waals surface area contributed by atoms with Crippen molar-refractivity contribution in [2.75, 3.05) is 26.3 Å². The third kappa shape index (κ3) is 7.49. The summed E-state index contributed by atoms with van der Waals surface area (Å²) in [5.41, 5.74) is -0.306. The van der Waals surface area contributed by atoms with Crippen LogP contribution in [-0.4, -0.2) is 105 Å². The van der Waals surface area contributed by atoms with Crippen molar-refractivity contribution in [2.24, 2.45) is 21.8 Å². The fourth-order valence-corrected chi connectivity index (χ4v) is 6.74. The first-order valence-electron chi connectivity index (χ1n) is 12.3. The molecule has 4 unspecified atom stereocenters. The van der Waals surface area contributed by atoms with Crippen molar-refractivity contribution in [2.45, 2.75) is 68.1 Å². The van der Waals surface area contributed by atoms with Crippen molar-refractivity contribution in [3.63, 3.8) is 0 Å². The predicted octanol–water partition coefficient (Wildman–Crippen LogP) is 0.466. The number of nitrogens with one attached hydrogen (secondary N) is 2. The van der Waals surface area contributed by atoms with Gasteiger partial charge < -0.3 is 40.2 Å². The number of aliphatic hydroxyl groups is 3. The van der Waals surface area contributed by atoms with Gasteiger partial charge in [0.05, 0.1) is 37.9 Å². The molecule has 208 valence electrons. The molecule has 0 aliphatic carbocycles. The summed E-state index contributed by atoms with van der Waals surface area (Å²) in [6.45, 7) is 14.1. The Bertz CT molecular complexity index is 876. The van der Waals surface area contributed by atoms with Crippen LogP contribution in [0.3, 0.4) is 0 Å². The summed E-state index contributed by atoms with van der Waals surface area (Å²) in [7, 11) is 0. The second-order valence-electron chi connectivity index (χ2n) is 9.22. The van der Waals surface area contributed by atoms with Crippen LogP contribution in [0.15, 0.2) is 35.3 Å². The van der Waals surface area contributed by atoms with Gasteiger partial charge in [0.15, 0.2) is 10.3 Å². The highest BCUT2D eigenvalue weighted by molar-refractivity contribution is 8.14. The Balaban J connectivity index is 0.000000208. The molecular formula is C24H38N4O7S2. The summed E-state index contributed by atoms with van der Waals surface area (Å²) < 4.78 is 16.7. The third-order valence-electron chi connectivity index (χ3n) is 6.68. The van der Waals surface area contributed by atoms with Crippen LogP contribution in [0.25, 0.3) is 0 Å². The molecule has 10 atom stereocenters. The molecule has 4 fully saturated rings. The predicted molar refractivity (Wildman–Crippen MR) is 145 cm³/mol. The molecule has 37 heavy (non-hydrogen) atoms. The monoisotopic (exact) mass is 558 g/mol. The van der Waals surface area contributed by atoms with Gasteiger partial charge in [-0.15, -0.1) is 13.2 Å². The summed E-state index contributed by atoms with van der Waals surface area (Å²) >= 11 is 2.95. The van der Waals surface area contributed by atoms with Gasteiger partial charge in [-0.3, -0.25) is 14.8 Å². The number of fused-ring (bicyclic) bond motifs is 2. The van der Waals surface area contributed by atoms with E-state index < -0.39 is 24.4 Å². The molecular weight excluding hydrogens is 520 g/mol. The van der Waals surface area contributed by atoms with E-state index in [0.717, 1.165) is 5.17 Å². The topological polar surface area (TPSA) is 154 Å². The highest BCUT2D eigenvalue weighted by Gasteiger charge is 2.49. The maximum atomic E-state index is 10.9. The molecule has 0 radical (unpaired) electrons. The number of esters is 1. The summed E-state index contributed by atoms with van der Waals surface area (Å²) in [5, 5.41) is 36.6. The van der Waals surface area contributed by atoms with Crippen molar-refractivity contribution in [1.29, 1.82) is 0 Å². The van der Waals surface area contributed by atoms with E-state index in [1.165, 1.54) is 18.7 Å². The van der Waals surface area contributed by atoms with E-state index in [9.17, 15) is 15.0 Å². The second-order valence-corrected chi connectivity index (χ2v) is 11.4. The number of hydrogen-bond donors (Lipinski definition) is 5.